The summed E-state index contributed by atoms with van der Waals surface area (Å²) >= 11 is 0. The van der Waals surface area contributed by atoms with E-state index in [9.17, 15) is 4.79 Å². The maximum atomic E-state index is 10.8. The summed E-state index contributed by atoms with van der Waals surface area (Å²) in [7, 11) is 0. The van der Waals surface area contributed by atoms with Gasteiger partial charge in [0.05, 0.1) is 5.56 Å². The van der Waals surface area contributed by atoms with Crippen LogP contribution >= 0.6 is 12.4 Å². The van der Waals surface area contributed by atoms with E-state index in [1.807, 2.05) is 20.8 Å². The first-order valence-electron chi connectivity index (χ1n) is 4.10. The molecule has 0 unspecified atom stereocenters. The second-order valence-corrected chi connectivity index (χ2v) is 3.98. The van der Waals surface area contributed by atoms with Crippen molar-refractivity contribution >= 4 is 18.4 Å². The van der Waals surface area contributed by atoms with E-state index in [1.165, 1.54) is 6.20 Å². The molecular formula is C10H14ClNO2. The lowest BCUT2D eigenvalue weighted by Gasteiger charge is -2.20. The summed E-state index contributed by atoms with van der Waals surface area (Å²) in [6, 6.07) is 1.75. The van der Waals surface area contributed by atoms with Crippen LogP contribution in [0.5, 0.6) is 0 Å². The van der Waals surface area contributed by atoms with E-state index >= 15 is 0 Å². The second kappa shape index (κ2) is 4.42. The van der Waals surface area contributed by atoms with E-state index in [4.69, 9.17) is 5.11 Å². The number of carbonyl (C=O) groups is 1. The summed E-state index contributed by atoms with van der Waals surface area (Å²) < 4.78 is 0. The molecule has 4 heteroatoms. The molecule has 0 fully saturated rings. The van der Waals surface area contributed by atoms with Crippen molar-refractivity contribution in [3.8, 4) is 0 Å². The Morgan fingerprint density at radius 3 is 2.36 bits per heavy atom. The van der Waals surface area contributed by atoms with E-state index in [1.54, 1.807) is 12.3 Å². The van der Waals surface area contributed by atoms with E-state index in [0.717, 1.165) is 5.56 Å². The molecule has 0 aliphatic rings. The lowest BCUT2D eigenvalue weighted by molar-refractivity contribution is 0.0693. The summed E-state index contributed by atoms with van der Waals surface area (Å²) in [5, 5.41) is 8.89. The number of carboxylic acids is 1. The summed E-state index contributed by atoms with van der Waals surface area (Å²) in [5.41, 5.74) is 0.946. The van der Waals surface area contributed by atoms with Gasteiger partial charge in [0.1, 0.15) is 0 Å². The van der Waals surface area contributed by atoms with Crippen LogP contribution in [0.1, 0.15) is 36.7 Å². The molecule has 1 N–H and O–H groups in total. The molecule has 3 nitrogen and oxygen atoms in total. The molecule has 0 radical (unpaired) electrons. The molecular weight excluding hydrogens is 202 g/mol. The van der Waals surface area contributed by atoms with Crippen molar-refractivity contribution in [3.05, 3.63) is 29.6 Å². The average molecular weight is 216 g/mol. The van der Waals surface area contributed by atoms with Gasteiger partial charge in [-0.3, -0.25) is 4.98 Å². The minimum atomic E-state index is -0.918. The first-order valence-corrected chi connectivity index (χ1v) is 4.10. The third kappa shape index (κ3) is 2.70. The monoisotopic (exact) mass is 215 g/mol. The summed E-state index contributed by atoms with van der Waals surface area (Å²) in [6.45, 7) is 5.94. The SMILES string of the molecule is CC(C)(C)c1ccncc1C(=O)O.Cl. The van der Waals surface area contributed by atoms with Gasteiger partial charge < -0.3 is 5.11 Å². The Morgan fingerprint density at radius 2 is 2.00 bits per heavy atom. The summed E-state index contributed by atoms with van der Waals surface area (Å²) in [5.74, 6) is -0.918. The molecule has 0 saturated carbocycles. The normalized spacial score (nSPS) is 10.5. The smallest absolute Gasteiger partial charge is 0.337 e. The van der Waals surface area contributed by atoms with Crippen molar-refractivity contribution < 1.29 is 9.90 Å². The fourth-order valence-corrected chi connectivity index (χ4v) is 1.22. The van der Waals surface area contributed by atoms with Crippen molar-refractivity contribution in [3.63, 3.8) is 0 Å². The maximum Gasteiger partial charge on any atom is 0.337 e. The van der Waals surface area contributed by atoms with Crippen LogP contribution in [0.4, 0.5) is 0 Å². The zero-order valence-electron chi connectivity index (χ0n) is 8.44. The van der Waals surface area contributed by atoms with Gasteiger partial charge in [-0.1, -0.05) is 20.8 Å². The van der Waals surface area contributed by atoms with E-state index in [2.05, 4.69) is 4.98 Å². The number of rotatable bonds is 1. The number of pyridine rings is 1. The zero-order valence-corrected chi connectivity index (χ0v) is 9.26. The van der Waals surface area contributed by atoms with Crippen molar-refractivity contribution in [1.29, 1.82) is 0 Å². The quantitative estimate of drug-likeness (QED) is 0.783. The van der Waals surface area contributed by atoms with Gasteiger partial charge in [0.25, 0.3) is 0 Å². The Morgan fingerprint density at radius 1 is 1.43 bits per heavy atom. The van der Waals surface area contributed by atoms with E-state index < -0.39 is 5.97 Å². The lowest BCUT2D eigenvalue weighted by Crippen LogP contribution is -2.16. The zero-order chi connectivity index (χ0) is 10.1. The maximum absolute atomic E-state index is 10.8. The second-order valence-electron chi connectivity index (χ2n) is 3.98. The molecule has 0 atom stereocenters. The first-order chi connectivity index (χ1) is 5.93. The van der Waals surface area contributed by atoms with Crippen molar-refractivity contribution in [1.82, 2.24) is 4.98 Å². The van der Waals surface area contributed by atoms with Gasteiger partial charge in [-0.15, -0.1) is 12.4 Å². The number of nitrogens with zero attached hydrogens (tertiary/aromatic N) is 1. The van der Waals surface area contributed by atoms with Gasteiger partial charge in [0.15, 0.2) is 0 Å². The van der Waals surface area contributed by atoms with Crippen LogP contribution in [0.2, 0.25) is 0 Å². The van der Waals surface area contributed by atoms with Crippen molar-refractivity contribution in [2.45, 2.75) is 26.2 Å². The van der Waals surface area contributed by atoms with E-state index in [0.29, 0.717) is 0 Å². The summed E-state index contributed by atoms with van der Waals surface area (Å²) in [4.78, 5) is 14.6. The highest BCUT2D eigenvalue weighted by atomic mass is 35.5. The molecule has 1 rings (SSSR count). The Labute approximate surface area is 89.6 Å². The third-order valence-electron chi connectivity index (χ3n) is 1.86. The molecule has 0 aliphatic heterocycles. The number of carboxylic acid groups (broad SMARTS) is 1. The predicted molar refractivity (Wildman–Crippen MR) is 57.1 cm³/mol. The standard InChI is InChI=1S/C10H13NO2.ClH/c1-10(2,3)8-4-5-11-6-7(8)9(12)13;/h4-6H,1-3H3,(H,12,13);1H. The third-order valence-corrected chi connectivity index (χ3v) is 1.86. The molecule has 0 aliphatic carbocycles. The fraction of sp³-hybridized carbons (Fsp3) is 0.400. The average Bonchev–Trinajstić information content (AvgIpc) is 2.03. The Bertz CT molecular complexity index is 331. The van der Waals surface area contributed by atoms with Gasteiger partial charge in [-0.05, 0) is 17.0 Å². The Balaban J connectivity index is 0.00000169. The number of hydrogen-bond acceptors (Lipinski definition) is 2. The summed E-state index contributed by atoms with van der Waals surface area (Å²) in [6.07, 6.45) is 3.01. The van der Waals surface area contributed by atoms with Crippen LogP contribution in [0.15, 0.2) is 18.5 Å². The number of hydrogen-bond donors (Lipinski definition) is 1. The topological polar surface area (TPSA) is 50.2 Å². The van der Waals surface area contributed by atoms with Gasteiger partial charge >= 0.3 is 5.97 Å². The number of aromatic nitrogens is 1. The molecule has 1 aromatic rings. The minimum absolute atomic E-state index is 0. The largest absolute Gasteiger partial charge is 0.478 e. The lowest BCUT2D eigenvalue weighted by atomic mass is 9.85. The minimum Gasteiger partial charge on any atom is -0.478 e. The van der Waals surface area contributed by atoms with Crippen LogP contribution in [-0.2, 0) is 5.41 Å². The van der Waals surface area contributed by atoms with Crippen LogP contribution < -0.4 is 0 Å². The van der Waals surface area contributed by atoms with Crippen LogP contribution in [0.3, 0.4) is 0 Å². The first kappa shape index (κ1) is 12.9. The van der Waals surface area contributed by atoms with Gasteiger partial charge in [0, 0.05) is 12.4 Å². The molecule has 0 bridgehead atoms. The molecule has 78 valence electrons. The van der Waals surface area contributed by atoms with Crippen LogP contribution in [-0.4, -0.2) is 16.1 Å². The number of aromatic carboxylic acids is 1. The molecule has 0 amide bonds. The highest BCUT2D eigenvalue weighted by molar-refractivity contribution is 5.89. The molecule has 0 spiro atoms. The van der Waals surface area contributed by atoms with Gasteiger partial charge in [-0.25, -0.2) is 4.79 Å². The predicted octanol–water partition coefficient (Wildman–Crippen LogP) is 2.50. The van der Waals surface area contributed by atoms with E-state index in [-0.39, 0.29) is 23.4 Å². The molecule has 1 heterocycles. The highest BCUT2D eigenvalue weighted by Gasteiger charge is 2.20. The fourth-order valence-electron chi connectivity index (χ4n) is 1.22. The molecule has 1 aromatic heterocycles. The van der Waals surface area contributed by atoms with Gasteiger partial charge in [-0.2, -0.15) is 0 Å². The van der Waals surface area contributed by atoms with Crippen LogP contribution in [0.25, 0.3) is 0 Å². The Hall–Kier alpha value is -1.09. The molecule has 14 heavy (non-hydrogen) atoms. The van der Waals surface area contributed by atoms with Crippen LogP contribution in [0, 0.1) is 0 Å². The molecule has 0 saturated heterocycles. The highest BCUT2D eigenvalue weighted by Crippen LogP contribution is 2.24. The Kier molecular flexibility index (Phi) is 4.08. The van der Waals surface area contributed by atoms with Crippen molar-refractivity contribution in [2.75, 3.05) is 0 Å². The van der Waals surface area contributed by atoms with Gasteiger partial charge in [0.2, 0.25) is 0 Å². The van der Waals surface area contributed by atoms with Crippen molar-refractivity contribution in [2.24, 2.45) is 0 Å². The number of halogens is 1. The molecule has 0 aromatic carbocycles.